The fourth-order valence-electron chi connectivity index (χ4n) is 3.39. The van der Waals surface area contributed by atoms with Gasteiger partial charge in [-0.15, -0.1) is 0 Å². The molecule has 0 N–H and O–H groups in total. The van der Waals surface area contributed by atoms with E-state index in [4.69, 9.17) is 13.9 Å². The van der Waals surface area contributed by atoms with Crippen LogP contribution in [0.25, 0.3) is 21.2 Å². The number of carbonyl (C=O) groups excluding carboxylic acids is 2. The number of furan rings is 1. The summed E-state index contributed by atoms with van der Waals surface area (Å²) in [6.45, 7) is 3.93. The van der Waals surface area contributed by atoms with Crippen molar-refractivity contribution < 1.29 is 23.5 Å². The van der Waals surface area contributed by atoms with Gasteiger partial charge < -0.3 is 18.5 Å². The van der Waals surface area contributed by atoms with Gasteiger partial charge in [0.1, 0.15) is 6.54 Å². The van der Waals surface area contributed by atoms with Crippen molar-refractivity contribution in [3.8, 4) is 5.75 Å². The summed E-state index contributed by atoms with van der Waals surface area (Å²) in [6.07, 6.45) is 0. The molecule has 1 amide bonds. The Hall–Kier alpha value is -3.39. The summed E-state index contributed by atoms with van der Waals surface area (Å²) in [7, 11) is 2.87. The van der Waals surface area contributed by atoms with Crippen molar-refractivity contribution in [2.24, 2.45) is 4.99 Å². The highest BCUT2D eigenvalue weighted by Gasteiger charge is 2.17. The minimum atomic E-state index is -0.534. The first-order chi connectivity index (χ1) is 14.4. The van der Waals surface area contributed by atoms with Gasteiger partial charge in [0, 0.05) is 5.39 Å². The van der Waals surface area contributed by atoms with Crippen LogP contribution < -0.4 is 9.54 Å². The fraction of sp³-hybridized carbons (Fsp3) is 0.227. The van der Waals surface area contributed by atoms with Crippen LogP contribution >= 0.6 is 11.3 Å². The molecule has 0 saturated carbocycles. The quantitative estimate of drug-likeness (QED) is 0.463. The molecule has 0 aliphatic heterocycles. The monoisotopic (exact) mass is 424 g/mol. The molecular formula is C22H20N2O5S. The van der Waals surface area contributed by atoms with E-state index in [-0.39, 0.29) is 12.3 Å². The Kier molecular flexibility index (Phi) is 5.17. The molecule has 7 nitrogen and oxygen atoms in total. The molecule has 0 radical (unpaired) electrons. The topological polar surface area (TPSA) is 83.0 Å². The summed E-state index contributed by atoms with van der Waals surface area (Å²) in [6, 6.07) is 11.1. The van der Waals surface area contributed by atoms with Crippen LogP contribution in [-0.4, -0.2) is 30.7 Å². The van der Waals surface area contributed by atoms with E-state index in [1.54, 1.807) is 23.8 Å². The molecule has 0 atom stereocenters. The number of benzene rings is 2. The van der Waals surface area contributed by atoms with Crippen LogP contribution in [0.3, 0.4) is 0 Å². The largest absolute Gasteiger partial charge is 0.493 e. The predicted octanol–water partition coefficient (Wildman–Crippen LogP) is 3.99. The molecule has 2 heterocycles. The Labute approximate surface area is 176 Å². The molecule has 0 bridgehead atoms. The number of thiazole rings is 1. The summed E-state index contributed by atoms with van der Waals surface area (Å²) >= 11 is 1.35. The van der Waals surface area contributed by atoms with Crippen LogP contribution in [0.4, 0.5) is 0 Å². The maximum atomic E-state index is 12.9. The predicted molar refractivity (Wildman–Crippen MR) is 114 cm³/mol. The van der Waals surface area contributed by atoms with Crippen LogP contribution in [0.15, 0.2) is 45.8 Å². The van der Waals surface area contributed by atoms with Gasteiger partial charge in [-0.2, -0.15) is 4.99 Å². The second-order valence-electron chi connectivity index (χ2n) is 6.88. The number of rotatable bonds is 4. The fourth-order valence-corrected chi connectivity index (χ4v) is 4.47. The number of nitrogens with zero attached hydrogens (tertiary/aromatic N) is 2. The average Bonchev–Trinajstić information content (AvgIpc) is 3.30. The standard InChI is InChI=1S/C22H20N2O5S/c1-12-8-13(2)20-15(9-12)24(11-18(25)28-4)22(30-20)23-21(26)17-10-14-6-5-7-16(27-3)19(14)29-17/h5-10H,11H2,1-4H3. The lowest BCUT2D eigenvalue weighted by atomic mass is 10.1. The van der Waals surface area contributed by atoms with E-state index in [9.17, 15) is 9.59 Å². The lowest BCUT2D eigenvalue weighted by Gasteiger charge is -2.05. The normalized spacial score (nSPS) is 11.9. The van der Waals surface area contributed by atoms with Gasteiger partial charge in [0.2, 0.25) is 0 Å². The lowest BCUT2D eigenvalue weighted by Crippen LogP contribution is -2.22. The number of carbonyl (C=O) groups is 2. The first-order valence-corrected chi connectivity index (χ1v) is 10.1. The van der Waals surface area contributed by atoms with Gasteiger partial charge >= 0.3 is 11.9 Å². The SMILES string of the molecule is COC(=O)Cn1c(=NC(=O)c2cc3cccc(OC)c3o2)sc2c(C)cc(C)cc21. The summed E-state index contributed by atoms with van der Waals surface area (Å²) in [5.41, 5.74) is 3.43. The van der Waals surface area contributed by atoms with Crippen molar-refractivity contribution in [3.05, 3.63) is 58.1 Å². The van der Waals surface area contributed by atoms with Crippen LogP contribution in [-0.2, 0) is 16.1 Å². The molecule has 154 valence electrons. The van der Waals surface area contributed by atoms with Gasteiger partial charge in [-0.3, -0.25) is 9.59 Å². The zero-order valence-electron chi connectivity index (χ0n) is 17.0. The molecule has 2 aromatic heterocycles. The summed E-state index contributed by atoms with van der Waals surface area (Å²) in [4.78, 5) is 29.6. The lowest BCUT2D eigenvalue weighted by molar-refractivity contribution is -0.141. The molecule has 4 rings (SSSR count). The smallest absolute Gasteiger partial charge is 0.325 e. The number of aromatic nitrogens is 1. The number of ether oxygens (including phenoxy) is 2. The minimum absolute atomic E-state index is 0.0422. The van der Waals surface area contributed by atoms with Crippen molar-refractivity contribution in [1.29, 1.82) is 0 Å². The Morgan fingerprint density at radius 1 is 1.17 bits per heavy atom. The first kappa shape index (κ1) is 19.9. The van der Waals surface area contributed by atoms with Crippen molar-refractivity contribution in [2.45, 2.75) is 20.4 Å². The van der Waals surface area contributed by atoms with Crippen LogP contribution in [0.1, 0.15) is 21.7 Å². The van der Waals surface area contributed by atoms with Gasteiger partial charge in [0.25, 0.3) is 0 Å². The number of methoxy groups -OCH3 is 2. The number of amides is 1. The number of hydrogen-bond acceptors (Lipinski definition) is 6. The number of hydrogen-bond donors (Lipinski definition) is 0. The Morgan fingerprint density at radius 3 is 2.70 bits per heavy atom. The van der Waals surface area contributed by atoms with Crippen molar-refractivity contribution in [3.63, 3.8) is 0 Å². The third kappa shape index (κ3) is 3.50. The summed E-state index contributed by atoms with van der Waals surface area (Å²) in [5, 5.41) is 0.748. The molecule has 0 fully saturated rings. The van der Waals surface area contributed by atoms with Gasteiger partial charge in [-0.05, 0) is 43.2 Å². The molecule has 30 heavy (non-hydrogen) atoms. The summed E-state index contributed by atoms with van der Waals surface area (Å²) < 4.78 is 18.5. The van der Waals surface area contributed by atoms with E-state index in [0.717, 1.165) is 26.7 Å². The number of aryl methyl sites for hydroxylation is 2. The van der Waals surface area contributed by atoms with Gasteiger partial charge in [0.15, 0.2) is 21.9 Å². The zero-order chi connectivity index (χ0) is 21.4. The maximum Gasteiger partial charge on any atom is 0.325 e. The van der Waals surface area contributed by atoms with Gasteiger partial charge in [0.05, 0.1) is 24.4 Å². The Morgan fingerprint density at radius 2 is 1.97 bits per heavy atom. The maximum absolute atomic E-state index is 12.9. The summed E-state index contributed by atoms with van der Waals surface area (Å²) in [5.74, 6) is -0.311. The van der Waals surface area contributed by atoms with Crippen molar-refractivity contribution in [1.82, 2.24) is 4.57 Å². The Bertz CT molecular complexity index is 1360. The van der Waals surface area contributed by atoms with E-state index in [1.165, 1.54) is 18.4 Å². The average molecular weight is 424 g/mol. The molecule has 0 aliphatic rings. The molecule has 8 heteroatoms. The highest BCUT2D eigenvalue weighted by atomic mass is 32.1. The molecule has 2 aromatic carbocycles. The third-order valence-corrected chi connectivity index (χ3v) is 5.99. The Balaban J connectivity index is 1.87. The number of esters is 1. The van der Waals surface area contributed by atoms with Crippen LogP contribution in [0.2, 0.25) is 0 Å². The second kappa shape index (κ2) is 7.79. The van der Waals surface area contributed by atoms with Crippen molar-refractivity contribution >= 4 is 44.4 Å². The van der Waals surface area contributed by atoms with E-state index < -0.39 is 11.9 Å². The molecular weight excluding hydrogens is 404 g/mol. The zero-order valence-corrected chi connectivity index (χ0v) is 17.8. The number of fused-ring (bicyclic) bond motifs is 2. The first-order valence-electron chi connectivity index (χ1n) is 9.24. The van der Waals surface area contributed by atoms with Crippen molar-refractivity contribution in [2.75, 3.05) is 14.2 Å². The van der Waals surface area contributed by atoms with Gasteiger partial charge in [-0.1, -0.05) is 29.5 Å². The van der Waals surface area contributed by atoms with Gasteiger partial charge in [-0.25, -0.2) is 0 Å². The second-order valence-corrected chi connectivity index (χ2v) is 7.86. The van der Waals surface area contributed by atoms with Crippen LogP contribution in [0.5, 0.6) is 5.75 Å². The van der Waals surface area contributed by atoms with Crippen LogP contribution in [0, 0.1) is 13.8 Å². The molecule has 0 unspecified atom stereocenters. The third-order valence-electron chi connectivity index (χ3n) is 4.77. The highest BCUT2D eigenvalue weighted by molar-refractivity contribution is 7.16. The van der Waals surface area contributed by atoms with E-state index in [1.807, 2.05) is 32.0 Å². The van der Waals surface area contributed by atoms with E-state index >= 15 is 0 Å². The highest BCUT2D eigenvalue weighted by Crippen LogP contribution is 2.29. The number of para-hydroxylation sites is 1. The molecule has 0 aliphatic carbocycles. The molecule has 0 spiro atoms. The molecule has 4 aromatic rings. The minimum Gasteiger partial charge on any atom is -0.493 e. The molecule has 0 saturated heterocycles. The van der Waals surface area contributed by atoms with E-state index in [0.29, 0.717) is 16.1 Å². The van der Waals surface area contributed by atoms with E-state index in [2.05, 4.69) is 11.1 Å².